The van der Waals surface area contributed by atoms with Gasteiger partial charge in [-0.2, -0.15) is 5.10 Å². The third-order valence-electron chi connectivity index (χ3n) is 3.01. The number of rotatable bonds is 2. The lowest BCUT2D eigenvalue weighted by Crippen LogP contribution is -2.23. The summed E-state index contributed by atoms with van der Waals surface area (Å²) in [6, 6.07) is 0. The van der Waals surface area contributed by atoms with Crippen molar-refractivity contribution in [3.05, 3.63) is 5.69 Å². The molecule has 1 aromatic heterocycles. The third-order valence-corrected chi connectivity index (χ3v) is 3.01. The number of carbonyl (C=O) groups excluding carboxylic acids is 1. The molecule has 0 saturated heterocycles. The Morgan fingerprint density at radius 2 is 2.35 bits per heavy atom. The van der Waals surface area contributed by atoms with Crippen LogP contribution in [0.25, 0.3) is 0 Å². The molecule has 1 fully saturated rings. The second-order valence-corrected chi connectivity index (χ2v) is 4.40. The van der Waals surface area contributed by atoms with Gasteiger partial charge in [0.15, 0.2) is 5.82 Å². The van der Waals surface area contributed by atoms with E-state index in [1.165, 1.54) is 0 Å². The number of hydrogen-bond acceptors (Lipinski definition) is 3. The largest absolute Gasteiger partial charge is 0.394 e. The van der Waals surface area contributed by atoms with Crippen molar-refractivity contribution in [1.29, 1.82) is 0 Å². The van der Waals surface area contributed by atoms with Gasteiger partial charge in [0.1, 0.15) is 0 Å². The van der Waals surface area contributed by atoms with Crippen LogP contribution in [0.4, 0.5) is 20.3 Å². The van der Waals surface area contributed by atoms with Gasteiger partial charge in [-0.3, -0.25) is 9.89 Å². The lowest BCUT2D eigenvalue weighted by atomic mass is 10.1. The lowest BCUT2D eigenvalue weighted by molar-refractivity contribution is -0.120. The summed E-state index contributed by atoms with van der Waals surface area (Å²) in [4.78, 5) is 11.7. The van der Waals surface area contributed by atoms with Crippen molar-refractivity contribution in [2.24, 2.45) is 5.92 Å². The molecule has 4 N–H and O–H groups in total. The zero-order valence-corrected chi connectivity index (χ0v) is 9.39. The fourth-order valence-corrected chi connectivity index (χ4v) is 1.93. The number of nitrogens with one attached hydrogen (secondary N) is 2. The zero-order chi connectivity index (χ0) is 12.6. The average Bonchev–Trinajstić information content (AvgIpc) is 2.75. The number of amides is 1. The van der Waals surface area contributed by atoms with Crippen molar-refractivity contribution in [2.45, 2.75) is 32.1 Å². The first kappa shape index (κ1) is 11.8. The smallest absolute Gasteiger partial charge is 0.248 e. The number of carbonyl (C=O) groups is 1. The molecule has 1 heterocycles. The quantitative estimate of drug-likeness (QED) is 0.740. The Morgan fingerprint density at radius 1 is 1.65 bits per heavy atom. The summed E-state index contributed by atoms with van der Waals surface area (Å²) < 4.78 is 25.9. The molecule has 5 nitrogen and oxygen atoms in total. The number of nitrogens with two attached hydrogens (primary N) is 1. The molecule has 2 rings (SSSR count). The predicted molar refractivity (Wildman–Crippen MR) is 58.7 cm³/mol. The van der Waals surface area contributed by atoms with Gasteiger partial charge in [0.2, 0.25) is 11.8 Å². The fraction of sp³-hybridized carbons (Fsp3) is 0.600. The number of nitrogen functional groups attached to an aromatic ring is 1. The van der Waals surface area contributed by atoms with Gasteiger partial charge in [-0.25, -0.2) is 8.78 Å². The first-order chi connectivity index (χ1) is 7.89. The van der Waals surface area contributed by atoms with E-state index in [-0.39, 0.29) is 18.7 Å². The van der Waals surface area contributed by atoms with Crippen LogP contribution in [0.15, 0.2) is 0 Å². The van der Waals surface area contributed by atoms with Gasteiger partial charge in [0.05, 0.1) is 11.4 Å². The topological polar surface area (TPSA) is 83.8 Å². The Kier molecular flexibility index (Phi) is 2.76. The van der Waals surface area contributed by atoms with Gasteiger partial charge in [-0.05, 0) is 13.3 Å². The van der Waals surface area contributed by atoms with E-state index in [2.05, 4.69) is 15.5 Å². The maximum Gasteiger partial charge on any atom is 0.248 e. The molecule has 17 heavy (non-hydrogen) atoms. The van der Waals surface area contributed by atoms with E-state index in [9.17, 15) is 13.6 Å². The van der Waals surface area contributed by atoms with Crippen LogP contribution in [0.5, 0.6) is 0 Å². The Labute approximate surface area is 96.8 Å². The first-order valence-corrected chi connectivity index (χ1v) is 5.38. The molecule has 1 aromatic rings. The molecule has 1 aliphatic carbocycles. The molecular weight excluding hydrogens is 230 g/mol. The normalized spacial score (nSPS) is 22.6. The van der Waals surface area contributed by atoms with Crippen molar-refractivity contribution in [1.82, 2.24) is 10.2 Å². The highest BCUT2D eigenvalue weighted by Crippen LogP contribution is 2.39. The molecule has 0 spiro atoms. The Hall–Kier alpha value is -1.66. The number of aromatic amines is 1. The van der Waals surface area contributed by atoms with Gasteiger partial charge in [-0.15, -0.1) is 0 Å². The van der Waals surface area contributed by atoms with E-state index in [1.807, 2.05) is 0 Å². The molecule has 1 amide bonds. The zero-order valence-electron chi connectivity index (χ0n) is 9.39. The summed E-state index contributed by atoms with van der Waals surface area (Å²) in [5.41, 5.74) is 6.62. The Morgan fingerprint density at radius 3 is 2.82 bits per heavy atom. The van der Waals surface area contributed by atoms with Crippen LogP contribution in [0, 0.1) is 12.8 Å². The minimum Gasteiger partial charge on any atom is -0.394 e. The van der Waals surface area contributed by atoms with E-state index < -0.39 is 24.2 Å². The van der Waals surface area contributed by atoms with Crippen molar-refractivity contribution in [2.75, 3.05) is 11.1 Å². The number of halogens is 2. The van der Waals surface area contributed by atoms with Crippen LogP contribution in [-0.4, -0.2) is 22.0 Å². The molecule has 0 radical (unpaired) electrons. The second-order valence-electron chi connectivity index (χ2n) is 4.40. The molecule has 0 aliphatic heterocycles. The van der Waals surface area contributed by atoms with Crippen molar-refractivity contribution < 1.29 is 13.6 Å². The number of anilines is 2. The average molecular weight is 244 g/mol. The summed E-state index contributed by atoms with van der Waals surface area (Å²) in [6.45, 7) is 1.71. The van der Waals surface area contributed by atoms with E-state index in [0.717, 1.165) is 0 Å². The molecule has 1 saturated carbocycles. The van der Waals surface area contributed by atoms with Gasteiger partial charge in [-0.1, -0.05) is 0 Å². The van der Waals surface area contributed by atoms with Crippen molar-refractivity contribution in [3.63, 3.8) is 0 Å². The molecule has 1 unspecified atom stereocenters. The van der Waals surface area contributed by atoms with Gasteiger partial charge < -0.3 is 11.1 Å². The van der Waals surface area contributed by atoms with E-state index in [0.29, 0.717) is 11.4 Å². The summed E-state index contributed by atoms with van der Waals surface area (Å²) >= 11 is 0. The maximum absolute atomic E-state index is 13.0. The fourth-order valence-electron chi connectivity index (χ4n) is 1.93. The third kappa shape index (κ3) is 2.37. The standard InChI is InChI=1S/C10H14F2N4O/c1-5-7(13)8(16-15-5)14-9(17)6-2-3-10(11,12)4-6/h6H,2-4,13H2,1H3,(H2,14,15,16,17). The SMILES string of the molecule is Cc1[nH]nc(NC(=O)C2CCC(F)(F)C2)c1N. The number of nitrogens with zero attached hydrogens (tertiary/aromatic N) is 1. The van der Waals surface area contributed by atoms with Crippen molar-refractivity contribution >= 4 is 17.4 Å². The van der Waals surface area contributed by atoms with Crippen LogP contribution in [0.2, 0.25) is 0 Å². The molecule has 1 atom stereocenters. The number of hydrogen-bond donors (Lipinski definition) is 3. The first-order valence-electron chi connectivity index (χ1n) is 5.38. The summed E-state index contributed by atoms with van der Waals surface area (Å²) in [5, 5.41) is 8.88. The molecule has 0 bridgehead atoms. The molecule has 0 aromatic carbocycles. The summed E-state index contributed by atoms with van der Waals surface area (Å²) in [6.07, 6.45) is -0.440. The lowest BCUT2D eigenvalue weighted by Gasteiger charge is -2.10. The minimum atomic E-state index is -2.73. The Bertz CT molecular complexity index is 444. The van der Waals surface area contributed by atoms with Crippen LogP contribution >= 0.6 is 0 Å². The number of aromatic nitrogens is 2. The van der Waals surface area contributed by atoms with Crippen LogP contribution < -0.4 is 11.1 Å². The Balaban J connectivity index is 2.01. The van der Waals surface area contributed by atoms with Gasteiger partial charge in [0, 0.05) is 18.8 Å². The molecular formula is C10H14F2N4O. The van der Waals surface area contributed by atoms with E-state index in [1.54, 1.807) is 6.92 Å². The van der Waals surface area contributed by atoms with E-state index >= 15 is 0 Å². The second kappa shape index (κ2) is 3.97. The number of aryl methyl sites for hydroxylation is 1. The van der Waals surface area contributed by atoms with Crippen molar-refractivity contribution in [3.8, 4) is 0 Å². The molecule has 94 valence electrons. The predicted octanol–water partition coefficient (Wildman–Crippen LogP) is 1.67. The number of H-pyrrole nitrogens is 1. The number of alkyl halides is 2. The van der Waals surface area contributed by atoms with Crippen LogP contribution in [0.1, 0.15) is 25.0 Å². The monoisotopic (exact) mass is 244 g/mol. The van der Waals surface area contributed by atoms with Gasteiger partial charge >= 0.3 is 0 Å². The summed E-state index contributed by atoms with van der Waals surface area (Å²) in [7, 11) is 0. The molecule has 1 aliphatic rings. The van der Waals surface area contributed by atoms with E-state index in [4.69, 9.17) is 5.73 Å². The highest BCUT2D eigenvalue weighted by atomic mass is 19.3. The highest BCUT2D eigenvalue weighted by molar-refractivity contribution is 5.94. The minimum absolute atomic E-state index is 0.197. The maximum atomic E-state index is 13.0. The van der Waals surface area contributed by atoms with Gasteiger partial charge in [0.25, 0.3) is 0 Å². The van der Waals surface area contributed by atoms with Crippen LogP contribution in [-0.2, 0) is 4.79 Å². The summed E-state index contributed by atoms with van der Waals surface area (Å²) in [5.74, 6) is -3.63. The van der Waals surface area contributed by atoms with Crippen LogP contribution in [0.3, 0.4) is 0 Å². The molecule has 7 heteroatoms. The highest BCUT2D eigenvalue weighted by Gasteiger charge is 2.42.